The highest BCUT2D eigenvalue weighted by Gasteiger charge is 2.76. The first-order valence-electron chi connectivity index (χ1n) is 12.3. The highest BCUT2D eigenvalue weighted by atomic mass is 79.9. The van der Waals surface area contributed by atoms with Crippen LogP contribution in [0.5, 0.6) is 0 Å². The van der Waals surface area contributed by atoms with Crippen LogP contribution >= 0.6 is 15.9 Å². The summed E-state index contributed by atoms with van der Waals surface area (Å²) >= 11 is 3.68. The summed E-state index contributed by atoms with van der Waals surface area (Å²) in [5, 5.41) is 15.4. The zero-order valence-corrected chi connectivity index (χ0v) is 20.4. The first-order valence-corrected chi connectivity index (χ1v) is 13.2. The van der Waals surface area contributed by atoms with Crippen molar-refractivity contribution in [2.45, 2.75) is 93.3 Å². The van der Waals surface area contributed by atoms with Gasteiger partial charge in [0.25, 0.3) is 0 Å². The van der Waals surface area contributed by atoms with Gasteiger partial charge in [0, 0.05) is 30.6 Å². The number of amides is 3. The van der Waals surface area contributed by atoms with Gasteiger partial charge >= 0.3 is 0 Å². The Hall–Kier alpha value is -1.19. The van der Waals surface area contributed by atoms with Crippen LogP contribution in [0, 0.1) is 11.8 Å². The highest BCUT2D eigenvalue weighted by Crippen LogP contribution is 2.60. The molecule has 0 aromatic rings. The molecule has 1 spiro atoms. The number of ether oxygens (including phenoxy) is 1. The van der Waals surface area contributed by atoms with Gasteiger partial charge in [0.1, 0.15) is 11.6 Å². The Balaban J connectivity index is 1.62. The van der Waals surface area contributed by atoms with Crippen LogP contribution in [0.3, 0.4) is 0 Å². The number of aliphatic hydroxyl groups is 1. The second-order valence-corrected chi connectivity index (χ2v) is 10.9. The second kappa shape index (κ2) is 9.97. The molecule has 32 heavy (non-hydrogen) atoms. The summed E-state index contributed by atoms with van der Waals surface area (Å²) in [7, 11) is 0. The van der Waals surface area contributed by atoms with E-state index in [4.69, 9.17) is 4.74 Å². The summed E-state index contributed by atoms with van der Waals surface area (Å²) in [5.41, 5.74) is -0.984. The third-order valence-electron chi connectivity index (χ3n) is 7.65. The average molecular weight is 514 g/mol. The summed E-state index contributed by atoms with van der Waals surface area (Å²) < 4.78 is 6.46. The van der Waals surface area contributed by atoms with Gasteiger partial charge in [-0.05, 0) is 38.5 Å². The molecule has 4 fully saturated rings. The smallest absolute Gasteiger partial charge is 0.246 e. The predicted octanol–water partition coefficient (Wildman–Crippen LogP) is 1.48. The van der Waals surface area contributed by atoms with E-state index in [-0.39, 0.29) is 35.2 Å². The van der Waals surface area contributed by atoms with Crippen molar-refractivity contribution in [3.8, 4) is 0 Å². The molecule has 1 saturated carbocycles. The van der Waals surface area contributed by atoms with E-state index < -0.39 is 29.6 Å². The maximum atomic E-state index is 13.7. The number of likely N-dealkylation sites (tertiary alicyclic amines) is 1. The molecule has 9 heteroatoms. The third kappa shape index (κ3) is 4.09. The van der Waals surface area contributed by atoms with E-state index in [1.54, 1.807) is 4.90 Å². The molecule has 0 aromatic heterocycles. The van der Waals surface area contributed by atoms with Crippen LogP contribution in [0.25, 0.3) is 0 Å². The number of carbonyl (C=O) groups is 3. The molecule has 1 aliphatic carbocycles. The van der Waals surface area contributed by atoms with Crippen molar-refractivity contribution < 1.29 is 24.2 Å². The van der Waals surface area contributed by atoms with E-state index in [0.717, 1.165) is 32.1 Å². The van der Waals surface area contributed by atoms with Crippen LogP contribution in [0.4, 0.5) is 0 Å². The van der Waals surface area contributed by atoms with Gasteiger partial charge in [0.05, 0.1) is 17.9 Å². The fourth-order valence-electron chi connectivity index (χ4n) is 6.26. The van der Waals surface area contributed by atoms with E-state index in [2.05, 4.69) is 26.6 Å². The molecule has 3 aliphatic heterocycles. The molecule has 2 bridgehead atoms. The van der Waals surface area contributed by atoms with E-state index in [9.17, 15) is 19.5 Å². The number of nitrogens with one attached hydrogen (secondary N) is 2. The minimum atomic E-state index is -0.984. The SMILES string of the molecule is CCCNC(=O)[C@H]1[C@H]2C(=O)N(CCCCO)C(C(=O)NC3CCCCC3)C23CC(Br)[C@@H]1O3. The molecular weight excluding hydrogens is 478 g/mol. The lowest BCUT2D eigenvalue weighted by atomic mass is 9.70. The van der Waals surface area contributed by atoms with E-state index >= 15 is 0 Å². The van der Waals surface area contributed by atoms with Crippen molar-refractivity contribution in [2.24, 2.45) is 11.8 Å². The lowest BCUT2D eigenvalue weighted by Gasteiger charge is -2.35. The summed E-state index contributed by atoms with van der Waals surface area (Å²) in [6, 6.07) is -0.613. The number of hydrogen-bond acceptors (Lipinski definition) is 5. The molecule has 0 aromatic carbocycles. The van der Waals surface area contributed by atoms with Gasteiger partial charge in [-0.15, -0.1) is 0 Å². The predicted molar refractivity (Wildman–Crippen MR) is 122 cm³/mol. The number of nitrogens with zero attached hydrogens (tertiary/aromatic N) is 1. The minimum absolute atomic E-state index is 0.0413. The Labute approximate surface area is 198 Å². The van der Waals surface area contributed by atoms with E-state index in [1.807, 2.05) is 6.92 Å². The van der Waals surface area contributed by atoms with Crippen LogP contribution in [0.15, 0.2) is 0 Å². The molecule has 6 atom stereocenters. The summed E-state index contributed by atoms with van der Waals surface area (Å²) in [5.74, 6) is -1.73. The molecule has 4 aliphatic rings. The Morgan fingerprint density at radius 3 is 2.66 bits per heavy atom. The van der Waals surface area contributed by atoms with Crippen LogP contribution in [-0.2, 0) is 19.1 Å². The lowest BCUT2D eigenvalue weighted by molar-refractivity contribution is -0.142. The Kier molecular flexibility index (Phi) is 7.46. The number of halogens is 1. The van der Waals surface area contributed by atoms with Gasteiger partial charge in [0.2, 0.25) is 17.7 Å². The van der Waals surface area contributed by atoms with Gasteiger partial charge in [0.15, 0.2) is 0 Å². The molecule has 3 heterocycles. The van der Waals surface area contributed by atoms with Crippen molar-refractivity contribution in [3.05, 3.63) is 0 Å². The Morgan fingerprint density at radius 2 is 1.97 bits per heavy atom. The molecular formula is C23H36BrN3O5. The van der Waals surface area contributed by atoms with Crippen LogP contribution < -0.4 is 10.6 Å². The molecule has 4 rings (SSSR count). The van der Waals surface area contributed by atoms with Crippen molar-refractivity contribution in [3.63, 3.8) is 0 Å². The summed E-state index contributed by atoms with van der Waals surface area (Å²) in [6.45, 7) is 2.96. The first-order chi connectivity index (χ1) is 15.4. The number of rotatable bonds is 9. The molecule has 3 amide bonds. The topological polar surface area (TPSA) is 108 Å². The van der Waals surface area contributed by atoms with Crippen LogP contribution in [-0.4, -0.2) is 76.0 Å². The number of unbranched alkanes of at least 4 members (excludes halogenated alkanes) is 1. The van der Waals surface area contributed by atoms with E-state index in [1.165, 1.54) is 6.42 Å². The zero-order chi connectivity index (χ0) is 22.9. The number of fused-ring (bicyclic) bond motifs is 1. The number of aliphatic hydroxyl groups excluding tert-OH is 1. The maximum absolute atomic E-state index is 13.7. The van der Waals surface area contributed by atoms with Crippen molar-refractivity contribution in [1.29, 1.82) is 0 Å². The summed E-state index contributed by atoms with van der Waals surface area (Å²) in [6.07, 6.45) is 7.41. The normalized spacial score (nSPS) is 36.4. The van der Waals surface area contributed by atoms with Crippen molar-refractivity contribution in [2.75, 3.05) is 19.7 Å². The maximum Gasteiger partial charge on any atom is 0.246 e. The van der Waals surface area contributed by atoms with Crippen LogP contribution in [0.1, 0.15) is 64.7 Å². The first kappa shape index (κ1) is 24.0. The van der Waals surface area contributed by atoms with Gasteiger partial charge in [-0.2, -0.15) is 0 Å². The van der Waals surface area contributed by atoms with Gasteiger partial charge in [-0.1, -0.05) is 42.1 Å². The number of carbonyl (C=O) groups excluding carboxylic acids is 3. The molecule has 3 N–H and O–H groups in total. The fraction of sp³-hybridized carbons (Fsp3) is 0.870. The average Bonchev–Trinajstić information content (AvgIpc) is 3.36. The monoisotopic (exact) mass is 513 g/mol. The lowest BCUT2D eigenvalue weighted by Crippen LogP contribution is -2.57. The second-order valence-electron chi connectivity index (χ2n) is 9.76. The third-order valence-corrected chi connectivity index (χ3v) is 8.49. The molecule has 3 saturated heterocycles. The highest BCUT2D eigenvalue weighted by molar-refractivity contribution is 9.09. The quantitative estimate of drug-likeness (QED) is 0.319. The number of alkyl halides is 1. The van der Waals surface area contributed by atoms with Gasteiger partial charge in [-0.25, -0.2) is 0 Å². The zero-order valence-electron chi connectivity index (χ0n) is 18.9. The largest absolute Gasteiger partial charge is 0.396 e. The number of hydrogen-bond donors (Lipinski definition) is 3. The van der Waals surface area contributed by atoms with E-state index in [0.29, 0.717) is 32.4 Å². The van der Waals surface area contributed by atoms with Gasteiger partial charge < -0.3 is 25.4 Å². The summed E-state index contributed by atoms with van der Waals surface area (Å²) in [4.78, 5) is 41.9. The molecule has 180 valence electrons. The Bertz CT molecular complexity index is 730. The van der Waals surface area contributed by atoms with Crippen molar-refractivity contribution >= 4 is 33.7 Å². The molecule has 3 unspecified atom stereocenters. The fourth-order valence-corrected chi connectivity index (χ4v) is 7.20. The van der Waals surface area contributed by atoms with Crippen molar-refractivity contribution in [1.82, 2.24) is 15.5 Å². The Morgan fingerprint density at radius 1 is 1.22 bits per heavy atom. The molecule has 8 nitrogen and oxygen atoms in total. The standard InChI is InChI=1S/C23H36BrN3O5/c1-2-10-25-20(29)16-17-22(31)27(11-6-7-12-28)19(23(17)13-15(24)18(16)32-23)21(30)26-14-8-4-3-5-9-14/h14-19,28H,2-13H2,1H3,(H,25,29)(H,26,30)/t15?,16-,17-,18-,19?,23?/m0/s1. The molecule has 0 radical (unpaired) electrons. The minimum Gasteiger partial charge on any atom is -0.396 e. The van der Waals surface area contributed by atoms with Gasteiger partial charge in [-0.3, -0.25) is 14.4 Å². The van der Waals surface area contributed by atoms with Crippen LogP contribution in [0.2, 0.25) is 0 Å².